The highest BCUT2D eigenvalue weighted by atomic mass is 35.5. The summed E-state index contributed by atoms with van der Waals surface area (Å²) >= 11 is 11.8. The quantitative estimate of drug-likeness (QED) is 0.659. The molecule has 70 valence electrons. The summed E-state index contributed by atoms with van der Waals surface area (Å²) in [6.45, 7) is 0. The minimum absolute atomic E-state index is 0.589. The predicted octanol–water partition coefficient (Wildman–Crippen LogP) is 4.66. The van der Waals surface area contributed by atoms with Crippen LogP contribution in [0, 0.1) is 0 Å². The maximum atomic E-state index is 5.93. The SMILES string of the molecule is Clc1ccc(-c2ccccc2)cc1Cl. The molecule has 0 radical (unpaired) electrons. The first kappa shape index (κ1) is 9.57. The highest BCUT2D eigenvalue weighted by molar-refractivity contribution is 6.42. The van der Waals surface area contributed by atoms with E-state index in [1.54, 1.807) is 0 Å². The topological polar surface area (TPSA) is 0 Å². The van der Waals surface area contributed by atoms with E-state index in [4.69, 9.17) is 23.2 Å². The molecule has 0 saturated heterocycles. The minimum atomic E-state index is 0.589. The third-order valence-electron chi connectivity index (χ3n) is 2.03. The van der Waals surface area contributed by atoms with Gasteiger partial charge >= 0.3 is 0 Å². The molecule has 0 atom stereocenters. The molecule has 14 heavy (non-hydrogen) atoms. The first-order valence-electron chi connectivity index (χ1n) is 4.28. The Balaban J connectivity index is 2.48. The Kier molecular flexibility index (Phi) is 2.76. The second kappa shape index (κ2) is 4.04. The largest absolute Gasteiger partial charge is 0.0827 e. The molecular formula is C12H8Cl2. The van der Waals surface area contributed by atoms with Crippen LogP contribution in [0.25, 0.3) is 11.1 Å². The highest BCUT2D eigenvalue weighted by Gasteiger charge is 2.00. The summed E-state index contributed by atoms with van der Waals surface area (Å²) in [4.78, 5) is 0. The van der Waals surface area contributed by atoms with Gasteiger partial charge in [-0.15, -0.1) is 0 Å². The van der Waals surface area contributed by atoms with Crippen molar-refractivity contribution in [3.63, 3.8) is 0 Å². The van der Waals surface area contributed by atoms with Crippen molar-refractivity contribution in [2.75, 3.05) is 0 Å². The zero-order chi connectivity index (χ0) is 9.97. The van der Waals surface area contributed by atoms with E-state index in [-0.39, 0.29) is 0 Å². The van der Waals surface area contributed by atoms with Crippen LogP contribution >= 0.6 is 23.2 Å². The molecule has 0 bridgehead atoms. The number of benzene rings is 2. The van der Waals surface area contributed by atoms with Gasteiger partial charge in [0.15, 0.2) is 0 Å². The lowest BCUT2D eigenvalue weighted by Crippen LogP contribution is -1.77. The van der Waals surface area contributed by atoms with Crippen molar-refractivity contribution in [2.24, 2.45) is 0 Å². The van der Waals surface area contributed by atoms with Crippen molar-refractivity contribution in [3.05, 3.63) is 58.6 Å². The first-order valence-corrected chi connectivity index (χ1v) is 5.03. The third-order valence-corrected chi connectivity index (χ3v) is 2.77. The Morgan fingerprint density at radius 1 is 0.643 bits per heavy atom. The molecule has 2 heteroatoms. The molecule has 0 spiro atoms. The van der Waals surface area contributed by atoms with Gasteiger partial charge in [0.1, 0.15) is 0 Å². The van der Waals surface area contributed by atoms with E-state index in [1.807, 2.05) is 48.5 Å². The van der Waals surface area contributed by atoms with Crippen LogP contribution in [0.15, 0.2) is 48.5 Å². The molecule has 2 aromatic carbocycles. The molecule has 0 aromatic heterocycles. The Morgan fingerprint density at radius 3 is 2.00 bits per heavy atom. The highest BCUT2D eigenvalue weighted by Crippen LogP contribution is 2.28. The second-order valence-corrected chi connectivity index (χ2v) is 3.81. The van der Waals surface area contributed by atoms with Crippen molar-refractivity contribution >= 4 is 23.2 Å². The van der Waals surface area contributed by atoms with Crippen LogP contribution < -0.4 is 0 Å². The van der Waals surface area contributed by atoms with Crippen LogP contribution in [0.2, 0.25) is 10.0 Å². The zero-order valence-corrected chi connectivity index (χ0v) is 8.89. The van der Waals surface area contributed by atoms with Gasteiger partial charge in [0.05, 0.1) is 10.0 Å². The fraction of sp³-hybridized carbons (Fsp3) is 0. The standard InChI is InChI=1S/C12H8Cl2/c13-11-7-6-10(8-12(11)14)9-4-2-1-3-5-9/h1-8H. The van der Waals surface area contributed by atoms with Crippen molar-refractivity contribution in [1.29, 1.82) is 0 Å². The van der Waals surface area contributed by atoms with E-state index in [2.05, 4.69) is 0 Å². The van der Waals surface area contributed by atoms with Crippen LogP contribution in [0.3, 0.4) is 0 Å². The second-order valence-electron chi connectivity index (χ2n) is 2.99. The summed E-state index contributed by atoms with van der Waals surface area (Å²) in [5, 5.41) is 1.18. The zero-order valence-electron chi connectivity index (χ0n) is 7.37. The maximum Gasteiger partial charge on any atom is 0.0598 e. The van der Waals surface area contributed by atoms with Crippen molar-refractivity contribution in [2.45, 2.75) is 0 Å². The van der Waals surface area contributed by atoms with Crippen LogP contribution in [0.4, 0.5) is 0 Å². The van der Waals surface area contributed by atoms with Gasteiger partial charge in [-0.05, 0) is 23.3 Å². The lowest BCUT2D eigenvalue weighted by atomic mass is 10.1. The van der Waals surface area contributed by atoms with Gasteiger partial charge in [-0.3, -0.25) is 0 Å². The van der Waals surface area contributed by atoms with Gasteiger partial charge in [0, 0.05) is 0 Å². The lowest BCUT2D eigenvalue weighted by Gasteiger charge is -2.02. The molecule has 0 aliphatic carbocycles. The van der Waals surface area contributed by atoms with Crippen molar-refractivity contribution in [1.82, 2.24) is 0 Å². The van der Waals surface area contributed by atoms with E-state index in [0.29, 0.717) is 10.0 Å². The summed E-state index contributed by atoms with van der Waals surface area (Å²) in [5.41, 5.74) is 2.23. The van der Waals surface area contributed by atoms with Gasteiger partial charge in [0.2, 0.25) is 0 Å². The van der Waals surface area contributed by atoms with Gasteiger partial charge < -0.3 is 0 Å². The number of hydrogen-bond acceptors (Lipinski definition) is 0. The summed E-state index contributed by atoms with van der Waals surface area (Å²) < 4.78 is 0. The van der Waals surface area contributed by atoms with E-state index in [1.165, 1.54) is 0 Å². The molecule has 0 nitrogen and oxygen atoms in total. The van der Waals surface area contributed by atoms with Gasteiger partial charge in [0.25, 0.3) is 0 Å². The van der Waals surface area contributed by atoms with Crippen LogP contribution in [-0.4, -0.2) is 0 Å². The summed E-state index contributed by atoms with van der Waals surface area (Å²) in [7, 11) is 0. The number of hydrogen-bond donors (Lipinski definition) is 0. The molecule has 0 N–H and O–H groups in total. The Bertz CT molecular complexity index is 435. The lowest BCUT2D eigenvalue weighted by molar-refractivity contribution is 1.62. The molecule has 0 aliphatic heterocycles. The van der Waals surface area contributed by atoms with Crippen LogP contribution in [-0.2, 0) is 0 Å². The molecule has 2 rings (SSSR count). The molecule has 0 heterocycles. The minimum Gasteiger partial charge on any atom is -0.0827 e. The van der Waals surface area contributed by atoms with Gasteiger partial charge in [-0.2, -0.15) is 0 Å². The fourth-order valence-electron chi connectivity index (χ4n) is 1.31. The molecule has 0 unspecified atom stereocenters. The van der Waals surface area contributed by atoms with E-state index in [0.717, 1.165) is 11.1 Å². The Labute approximate surface area is 93.1 Å². The van der Waals surface area contributed by atoms with E-state index in [9.17, 15) is 0 Å². The average Bonchev–Trinajstić information content (AvgIpc) is 2.23. The predicted molar refractivity (Wildman–Crippen MR) is 61.9 cm³/mol. The Morgan fingerprint density at radius 2 is 1.36 bits per heavy atom. The van der Waals surface area contributed by atoms with Crippen molar-refractivity contribution < 1.29 is 0 Å². The normalized spacial score (nSPS) is 10.1. The van der Waals surface area contributed by atoms with E-state index >= 15 is 0 Å². The third kappa shape index (κ3) is 1.92. The van der Waals surface area contributed by atoms with Crippen molar-refractivity contribution in [3.8, 4) is 11.1 Å². The Hall–Kier alpha value is -0.980. The molecule has 0 fully saturated rings. The monoisotopic (exact) mass is 222 g/mol. The van der Waals surface area contributed by atoms with Gasteiger partial charge in [-0.1, -0.05) is 59.6 Å². The first-order chi connectivity index (χ1) is 6.77. The summed E-state index contributed by atoms with van der Waals surface area (Å²) in [6, 6.07) is 15.7. The fourth-order valence-corrected chi connectivity index (χ4v) is 1.60. The van der Waals surface area contributed by atoms with E-state index < -0.39 is 0 Å². The molecule has 0 aliphatic rings. The number of rotatable bonds is 1. The number of halogens is 2. The maximum absolute atomic E-state index is 5.93. The van der Waals surface area contributed by atoms with Crippen LogP contribution in [0.5, 0.6) is 0 Å². The van der Waals surface area contributed by atoms with Crippen LogP contribution in [0.1, 0.15) is 0 Å². The molecule has 2 aromatic rings. The molecule has 0 saturated carbocycles. The average molecular weight is 223 g/mol. The molecular weight excluding hydrogens is 215 g/mol. The molecule has 0 amide bonds. The van der Waals surface area contributed by atoms with Gasteiger partial charge in [-0.25, -0.2) is 0 Å². The summed E-state index contributed by atoms with van der Waals surface area (Å²) in [5.74, 6) is 0. The smallest absolute Gasteiger partial charge is 0.0598 e. The summed E-state index contributed by atoms with van der Waals surface area (Å²) in [6.07, 6.45) is 0.